The fourth-order valence-corrected chi connectivity index (χ4v) is 2.64. The van der Waals surface area contributed by atoms with E-state index in [1.807, 2.05) is 17.5 Å². The van der Waals surface area contributed by atoms with Crippen LogP contribution in [0.1, 0.15) is 49.4 Å². The van der Waals surface area contributed by atoms with Crippen LogP contribution in [0.4, 0.5) is 0 Å². The van der Waals surface area contributed by atoms with Gasteiger partial charge in [0.1, 0.15) is 0 Å². The maximum Gasteiger partial charge on any atom is 0.0959 e. The standard InChI is InChI=1S/C13H22N2S/c1-9(2)10(3)6-14-7-12-8-15-13(16-12)11-4-5-11/h8-11,14H,4-7H2,1-3H3. The van der Waals surface area contributed by atoms with Gasteiger partial charge in [-0.2, -0.15) is 0 Å². The van der Waals surface area contributed by atoms with Crippen molar-refractivity contribution in [2.45, 2.75) is 46.1 Å². The highest BCUT2D eigenvalue weighted by Crippen LogP contribution is 2.41. The Labute approximate surface area is 102 Å². The van der Waals surface area contributed by atoms with Gasteiger partial charge in [-0.15, -0.1) is 11.3 Å². The summed E-state index contributed by atoms with van der Waals surface area (Å²) >= 11 is 1.89. The molecule has 2 nitrogen and oxygen atoms in total. The van der Waals surface area contributed by atoms with Crippen LogP contribution < -0.4 is 5.32 Å². The molecule has 1 aromatic rings. The Morgan fingerprint density at radius 1 is 1.44 bits per heavy atom. The number of hydrogen-bond acceptors (Lipinski definition) is 3. The Hall–Kier alpha value is -0.410. The van der Waals surface area contributed by atoms with Gasteiger partial charge in [0.05, 0.1) is 5.01 Å². The van der Waals surface area contributed by atoms with Gasteiger partial charge in [-0.3, -0.25) is 0 Å². The molecule has 1 unspecified atom stereocenters. The molecule has 0 spiro atoms. The largest absolute Gasteiger partial charge is 0.312 e. The average Bonchev–Trinajstić information content (AvgIpc) is 2.99. The fraction of sp³-hybridized carbons (Fsp3) is 0.769. The number of nitrogens with one attached hydrogen (secondary N) is 1. The van der Waals surface area contributed by atoms with Gasteiger partial charge in [-0.25, -0.2) is 4.98 Å². The van der Waals surface area contributed by atoms with E-state index in [0.29, 0.717) is 0 Å². The van der Waals surface area contributed by atoms with Crippen molar-refractivity contribution in [3.63, 3.8) is 0 Å². The summed E-state index contributed by atoms with van der Waals surface area (Å²) in [6.07, 6.45) is 4.75. The molecule has 1 N–H and O–H groups in total. The third-order valence-electron chi connectivity index (χ3n) is 3.40. The summed E-state index contributed by atoms with van der Waals surface area (Å²) in [4.78, 5) is 5.88. The van der Waals surface area contributed by atoms with Gasteiger partial charge in [0.2, 0.25) is 0 Å². The van der Waals surface area contributed by atoms with Crippen LogP contribution in [0.15, 0.2) is 6.20 Å². The Balaban J connectivity index is 1.72. The lowest BCUT2D eigenvalue weighted by atomic mass is 9.98. The van der Waals surface area contributed by atoms with Crippen molar-refractivity contribution in [1.29, 1.82) is 0 Å². The minimum Gasteiger partial charge on any atom is -0.312 e. The predicted molar refractivity (Wildman–Crippen MR) is 69.8 cm³/mol. The molecule has 0 aliphatic heterocycles. The van der Waals surface area contributed by atoms with Gasteiger partial charge in [0, 0.05) is 23.5 Å². The van der Waals surface area contributed by atoms with Crippen molar-refractivity contribution in [2.75, 3.05) is 6.54 Å². The first-order valence-corrected chi connectivity index (χ1v) is 7.13. The summed E-state index contributed by atoms with van der Waals surface area (Å²) in [7, 11) is 0. The first-order valence-electron chi connectivity index (χ1n) is 6.32. The summed E-state index contributed by atoms with van der Waals surface area (Å²) < 4.78 is 0. The lowest BCUT2D eigenvalue weighted by molar-refractivity contribution is 0.393. The Kier molecular flexibility index (Phi) is 3.98. The molecule has 0 aromatic carbocycles. The zero-order valence-electron chi connectivity index (χ0n) is 10.5. The summed E-state index contributed by atoms with van der Waals surface area (Å²) in [6, 6.07) is 0. The van der Waals surface area contributed by atoms with Crippen molar-refractivity contribution in [3.05, 3.63) is 16.1 Å². The van der Waals surface area contributed by atoms with E-state index in [2.05, 4.69) is 31.1 Å². The van der Waals surface area contributed by atoms with E-state index >= 15 is 0 Å². The van der Waals surface area contributed by atoms with Crippen molar-refractivity contribution in [3.8, 4) is 0 Å². The molecule has 90 valence electrons. The summed E-state index contributed by atoms with van der Waals surface area (Å²) in [5, 5.41) is 4.88. The Morgan fingerprint density at radius 2 is 2.19 bits per heavy atom. The highest BCUT2D eigenvalue weighted by molar-refractivity contribution is 7.11. The van der Waals surface area contributed by atoms with Gasteiger partial charge in [0.25, 0.3) is 0 Å². The van der Waals surface area contributed by atoms with E-state index < -0.39 is 0 Å². The number of rotatable bonds is 6. The third kappa shape index (κ3) is 3.29. The maximum absolute atomic E-state index is 4.49. The average molecular weight is 238 g/mol. The van der Waals surface area contributed by atoms with Gasteiger partial charge in [-0.1, -0.05) is 20.8 Å². The molecule has 1 aliphatic carbocycles. The molecular weight excluding hydrogens is 216 g/mol. The molecule has 0 saturated heterocycles. The molecule has 0 bridgehead atoms. The highest BCUT2D eigenvalue weighted by atomic mass is 32.1. The lowest BCUT2D eigenvalue weighted by Crippen LogP contribution is -2.23. The molecule has 1 saturated carbocycles. The van der Waals surface area contributed by atoms with Crippen LogP contribution in [0.25, 0.3) is 0 Å². The number of thiazole rings is 1. The summed E-state index contributed by atoms with van der Waals surface area (Å²) in [5.41, 5.74) is 0. The monoisotopic (exact) mass is 238 g/mol. The van der Waals surface area contributed by atoms with Crippen molar-refractivity contribution in [2.24, 2.45) is 11.8 Å². The van der Waals surface area contributed by atoms with Crippen molar-refractivity contribution >= 4 is 11.3 Å². The van der Waals surface area contributed by atoms with Crippen LogP contribution >= 0.6 is 11.3 Å². The maximum atomic E-state index is 4.49. The molecule has 16 heavy (non-hydrogen) atoms. The third-order valence-corrected chi connectivity index (χ3v) is 4.56. The van der Waals surface area contributed by atoms with Gasteiger partial charge >= 0.3 is 0 Å². The Morgan fingerprint density at radius 3 is 2.81 bits per heavy atom. The van der Waals surface area contributed by atoms with Crippen LogP contribution in [0.2, 0.25) is 0 Å². The van der Waals surface area contributed by atoms with E-state index in [1.165, 1.54) is 22.7 Å². The van der Waals surface area contributed by atoms with Crippen LogP contribution in [0, 0.1) is 11.8 Å². The first-order chi connectivity index (χ1) is 7.66. The lowest BCUT2D eigenvalue weighted by Gasteiger charge is -2.15. The topological polar surface area (TPSA) is 24.9 Å². The summed E-state index contributed by atoms with van der Waals surface area (Å²) in [6.45, 7) is 8.96. The van der Waals surface area contributed by atoms with Crippen LogP contribution in [0.5, 0.6) is 0 Å². The van der Waals surface area contributed by atoms with E-state index in [4.69, 9.17) is 0 Å². The van der Waals surface area contributed by atoms with E-state index in [9.17, 15) is 0 Å². The van der Waals surface area contributed by atoms with Crippen molar-refractivity contribution in [1.82, 2.24) is 10.3 Å². The molecule has 2 rings (SSSR count). The molecule has 0 radical (unpaired) electrons. The molecule has 1 atom stereocenters. The van der Waals surface area contributed by atoms with E-state index in [1.54, 1.807) is 0 Å². The molecule has 3 heteroatoms. The zero-order valence-corrected chi connectivity index (χ0v) is 11.3. The Bertz CT molecular complexity index is 328. The van der Waals surface area contributed by atoms with Crippen LogP contribution in [0.3, 0.4) is 0 Å². The SMILES string of the molecule is CC(C)C(C)CNCc1cnc(C2CC2)s1. The predicted octanol–water partition coefficient (Wildman–Crippen LogP) is 3.40. The molecule has 1 heterocycles. The minimum atomic E-state index is 0.746. The van der Waals surface area contributed by atoms with Gasteiger partial charge in [-0.05, 0) is 31.2 Å². The number of nitrogens with zero attached hydrogens (tertiary/aromatic N) is 1. The second kappa shape index (κ2) is 5.28. The van der Waals surface area contributed by atoms with Gasteiger partial charge in [0.15, 0.2) is 0 Å². The smallest absolute Gasteiger partial charge is 0.0959 e. The number of hydrogen-bond donors (Lipinski definition) is 1. The normalized spacial score (nSPS) is 18.0. The molecule has 0 amide bonds. The minimum absolute atomic E-state index is 0.746. The van der Waals surface area contributed by atoms with Crippen LogP contribution in [-0.2, 0) is 6.54 Å². The van der Waals surface area contributed by atoms with Gasteiger partial charge < -0.3 is 5.32 Å². The second-order valence-corrected chi connectivity index (χ2v) is 6.44. The molecule has 1 fully saturated rings. The zero-order chi connectivity index (χ0) is 11.5. The van der Waals surface area contributed by atoms with Crippen molar-refractivity contribution < 1.29 is 0 Å². The second-order valence-electron chi connectivity index (χ2n) is 5.29. The van der Waals surface area contributed by atoms with E-state index in [-0.39, 0.29) is 0 Å². The quantitative estimate of drug-likeness (QED) is 0.821. The fourth-order valence-electron chi connectivity index (χ4n) is 1.58. The highest BCUT2D eigenvalue weighted by Gasteiger charge is 2.26. The molecule has 1 aliphatic rings. The number of aromatic nitrogens is 1. The first kappa shape index (κ1) is 12.1. The molecular formula is C13H22N2S. The van der Waals surface area contributed by atoms with Crippen LogP contribution in [-0.4, -0.2) is 11.5 Å². The van der Waals surface area contributed by atoms with E-state index in [0.717, 1.165) is 30.8 Å². The molecule has 1 aromatic heterocycles. The summed E-state index contributed by atoms with van der Waals surface area (Å²) in [5.74, 6) is 2.31.